The molecule has 0 radical (unpaired) electrons. The monoisotopic (exact) mass is 539 g/mol. The second kappa shape index (κ2) is 11.6. The number of hydrogen-bond acceptors (Lipinski definition) is 5. The van der Waals surface area contributed by atoms with E-state index in [4.69, 9.17) is 21.4 Å². The van der Waals surface area contributed by atoms with E-state index in [0.29, 0.717) is 46.2 Å². The standard InChI is InChI=1S/C28H27ClFN3O5/c1-18-15-19(7-12-23(18)31-27(37)32-24-6-3-2-5-22(24)29)16-25(34)28(30)13-4-14-33(28)17-38-21-10-8-20(9-11-21)26(35)36/h2-3,5-12,15H,4,13-14,16-17H2,1H3,(H,35,36)(H2,31,32,37). The second-order valence-electron chi connectivity index (χ2n) is 9.04. The van der Waals surface area contributed by atoms with E-state index in [0.717, 1.165) is 0 Å². The number of carbonyl (C=O) groups excluding carboxylic acids is 2. The number of anilines is 2. The van der Waals surface area contributed by atoms with Gasteiger partial charge in [0.1, 0.15) is 12.5 Å². The van der Waals surface area contributed by atoms with Crippen molar-refractivity contribution in [2.75, 3.05) is 23.9 Å². The molecule has 198 valence electrons. The Bertz CT molecular complexity index is 1350. The van der Waals surface area contributed by atoms with Gasteiger partial charge in [0.05, 0.1) is 16.3 Å². The van der Waals surface area contributed by atoms with Crippen molar-refractivity contribution < 1.29 is 28.6 Å². The van der Waals surface area contributed by atoms with Gasteiger partial charge in [-0.3, -0.25) is 4.79 Å². The smallest absolute Gasteiger partial charge is 0.335 e. The molecule has 4 rings (SSSR count). The number of rotatable bonds is 9. The van der Waals surface area contributed by atoms with Crippen LogP contribution in [0.15, 0.2) is 66.7 Å². The van der Waals surface area contributed by atoms with Crippen LogP contribution in [0.1, 0.15) is 34.3 Å². The Balaban J connectivity index is 1.35. The summed E-state index contributed by atoms with van der Waals surface area (Å²) in [6.07, 6.45) is 0.452. The number of ketones is 1. The first-order valence-corrected chi connectivity index (χ1v) is 12.4. The summed E-state index contributed by atoms with van der Waals surface area (Å²) in [5.41, 5.74) is 2.48. The van der Waals surface area contributed by atoms with Crippen molar-refractivity contribution >= 4 is 40.8 Å². The normalized spacial score (nSPS) is 17.1. The van der Waals surface area contributed by atoms with Gasteiger partial charge < -0.3 is 20.5 Å². The van der Waals surface area contributed by atoms with E-state index in [2.05, 4.69) is 10.6 Å². The molecule has 1 unspecified atom stereocenters. The van der Waals surface area contributed by atoms with E-state index in [1.54, 1.807) is 49.4 Å². The number of para-hydroxylation sites is 1. The van der Waals surface area contributed by atoms with Crippen molar-refractivity contribution in [1.29, 1.82) is 0 Å². The number of amides is 2. The van der Waals surface area contributed by atoms with Crippen molar-refractivity contribution in [3.8, 4) is 5.75 Å². The quantitative estimate of drug-likeness (QED) is 0.292. The van der Waals surface area contributed by atoms with E-state index in [1.807, 2.05) is 0 Å². The van der Waals surface area contributed by atoms with Gasteiger partial charge in [-0.25, -0.2) is 18.9 Å². The van der Waals surface area contributed by atoms with E-state index < -0.39 is 23.6 Å². The van der Waals surface area contributed by atoms with Crippen LogP contribution in [0.3, 0.4) is 0 Å². The van der Waals surface area contributed by atoms with E-state index in [1.165, 1.54) is 29.2 Å². The average Bonchev–Trinajstić information content (AvgIpc) is 3.27. The highest BCUT2D eigenvalue weighted by Gasteiger charge is 2.47. The number of urea groups is 1. The molecule has 1 atom stereocenters. The molecule has 0 saturated carbocycles. The Morgan fingerprint density at radius 1 is 1.05 bits per heavy atom. The Labute approximate surface area is 224 Å². The minimum absolute atomic E-state index is 0.0635. The highest BCUT2D eigenvalue weighted by Crippen LogP contribution is 2.33. The first-order chi connectivity index (χ1) is 18.2. The van der Waals surface area contributed by atoms with Gasteiger partial charge >= 0.3 is 12.0 Å². The minimum Gasteiger partial charge on any atom is -0.478 e. The lowest BCUT2D eigenvalue weighted by Gasteiger charge is -2.29. The minimum atomic E-state index is -2.17. The molecule has 0 aliphatic carbocycles. The molecule has 8 nitrogen and oxygen atoms in total. The number of halogens is 2. The maximum atomic E-state index is 15.9. The fourth-order valence-corrected chi connectivity index (χ4v) is 4.49. The maximum absolute atomic E-state index is 15.9. The Hall–Kier alpha value is -3.95. The van der Waals surface area contributed by atoms with Crippen LogP contribution in [0.4, 0.5) is 20.6 Å². The molecular weight excluding hydrogens is 513 g/mol. The molecule has 0 bridgehead atoms. The molecule has 1 heterocycles. The third-order valence-electron chi connectivity index (χ3n) is 6.38. The van der Waals surface area contributed by atoms with Gasteiger partial charge in [0.25, 0.3) is 0 Å². The van der Waals surface area contributed by atoms with Gasteiger partial charge in [-0.2, -0.15) is 0 Å². The first-order valence-electron chi connectivity index (χ1n) is 12.0. The molecule has 10 heteroatoms. The zero-order valence-corrected chi connectivity index (χ0v) is 21.4. The largest absolute Gasteiger partial charge is 0.478 e. The second-order valence-corrected chi connectivity index (χ2v) is 9.44. The summed E-state index contributed by atoms with van der Waals surface area (Å²) in [7, 11) is 0. The van der Waals surface area contributed by atoms with Crippen molar-refractivity contribution in [1.82, 2.24) is 4.90 Å². The highest BCUT2D eigenvalue weighted by molar-refractivity contribution is 6.33. The van der Waals surface area contributed by atoms with Gasteiger partial charge in [-0.1, -0.05) is 35.9 Å². The van der Waals surface area contributed by atoms with Gasteiger partial charge in [0.15, 0.2) is 5.78 Å². The highest BCUT2D eigenvalue weighted by atomic mass is 35.5. The van der Waals surface area contributed by atoms with Crippen LogP contribution in [-0.4, -0.2) is 46.9 Å². The Morgan fingerprint density at radius 2 is 1.76 bits per heavy atom. The van der Waals surface area contributed by atoms with Crippen LogP contribution in [0.25, 0.3) is 0 Å². The summed E-state index contributed by atoms with van der Waals surface area (Å²) >= 11 is 6.08. The van der Waals surface area contributed by atoms with Crippen LogP contribution in [-0.2, 0) is 11.2 Å². The Morgan fingerprint density at radius 3 is 2.45 bits per heavy atom. The van der Waals surface area contributed by atoms with Crippen molar-refractivity contribution in [2.45, 2.75) is 32.0 Å². The number of alkyl halides is 1. The molecule has 38 heavy (non-hydrogen) atoms. The summed E-state index contributed by atoms with van der Waals surface area (Å²) in [6.45, 7) is 2.00. The molecular formula is C28H27ClFN3O5. The van der Waals surface area contributed by atoms with Crippen LogP contribution >= 0.6 is 11.6 Å². The fourth-order valence-electron chi connectivity index (χ4n) is 4.30. The van der Waals surface area contributed by atoms with Crippen LogP contribution in [0.5, 0.6) is 5.75 Å². The number of nitrogens with zero attached hydrogens (tertiary/aromatic N) is 1. The molecule has 1 aliphatic heterocycles. The molecule has 1 saturated heterocycles. The van der Waals surface area contributed by atoms with Crippen LogP contribution in [0, 0.1) is 6.92 Å². The van der Waals surface area contributed by atoms with E-state index in [9.17, 15) is 14.4 Å². The number of likely N-dealkylation sites (tertiary alicyclic amines) is 1. The topological polar surface area (TPSA) is 108 Å². The SMILES string of the molecule is Cc1cc(CC(=O)C2(F)CCCN2COc2ccc(C(=O)O)cc2)ccc1NC(=O)Nc1ccccc1Cl. The van der Waals surface area contributed by atoms with E-state index >= 15 is 4.39 Å². The number of Topliss-reactive ketones (excluding diaryl/α,β-unsaturated/α-hetero) is 1. The van der Waals surface area contributed by atoms with Gasteiger partial charge in [-0.05, 0) is 66.9 Å². The van der Waals surface area contributed by atoms with E-state index in [-0.39, 0.29) is 25.1 Å². The Kier molecular flexibility index (Phi) is 8.29. The van der Waals surface area contributed by atoms with Gasteiger partial charge in [0.2, 0.25) is 5.79 Å². The molecule has 3 aromatic carbocycles. The zero-order valence-electron chi connectivity index (χ0n) is 20.7. The van der Waals surface area contributed by atoms with Crippen LogP contribution in [0.2, 0.25) is 5.02 Å². The lowest BCUT2D eigenvalue weighted by Crippen LogP contribution is -2.49. The number of hydrogen-bond donors (Lipinski definition) is 3. The summed E-state index contributed by atoms with van der Waals surface area (Å²) in [5.74, 6) is -3.41. The third kappa shape index (κ3) is 6.30. The molecule has 3 N–H and O–H groups in total. The molecule has 0 aromatic heterocycles. The summed E-state index contributed by atoms with van der Waals surface area (Å²) in [4.78, 5) is 37.8. The van der Waals surface area contributed by atoms with Crippen molar-refractivity contribution in [3.05, 3.63) is 88.4 Å². The summed E-state index contributed by atoms with van der Waals surface area (Å²) in [6, 6.07) is 17.3. The number of nitrogens with one attached hydrogen (secondary N) is 2. The van der Waals surface area contributed by atoms with Gasteiger partial charge in [-0.15, -0.1) is 0 Å². The number of carboxylic acids is 1. The first kappa shape index (κ1) is 27.1. The predicted molar refractivity (Wildman–Crippen MR) is 143 cm³/mol. The zero-order chi connectivity index (χ0) is 27.3. The van der Waals surface area contributed by atoms with Gasteiger partial charge in [0, 0.05) is 25.1 Å². The molecule has 3 aromatic rings. The summed E-state index contributed by atoms with van der Waals surface area (Å²) < 4.78 is 21.5. The maximum Gasteiger partial charge on any atom is 0.335 e. The predicted octanol–water partition coefficient (Wildman–Crippen LogP) is 5.90. The molecule has 1 fully saturated rings. The summed E-state index contributed by atoms with van der Waals surface area (Å²) in [5, 5.41) is 14.8. The lowest BCUT2D eigenvalue weighted by atomic mass is 9.98. The molecule has 2 amide bonds. The number of carbonyl (C=O) groups is 3. The molecule has 0 spiro atoms. The number of aromatic carboxylic acids is 1. The molecule has 1 aliphatic rings. The fraction of sp³-hybridized carbons (Fsp3) is 0.250. The lowest BCUT2D eigenvalue weighted by molar-refractivity contribution is -0.144. The van der Waals surface area contributed by atoms with Crippen molar-refractivity contribution in [3.63, 3.8) is 0 Å². The average molecular weight is 540 g/mol. The number of benzene rings is 3. The van der Waals surface area contributed by atoms with Crippen molar-refractivity contribution in [2.24, 2.45) is 0 Å². The third-order valence-corrected chi connectivity index (χ3v) is 6.71. The number of aryl methyl sites for hydroxylation is 1. The number of carboxylic acid groups (broad SMARTS) is 1. The van der Waals surface area contributed by atoms with Crippen LogP contribution < -0.4 is 15.4 Å². The number of ether oxygens (including phenoxy) is 1.